The van der Waals surface area contributed by atoms with Gasteiger partial charge in [-0.15, -0.1) is 0 Å². The first-order chi connectivity index (χ1) is 23.8. The molecular weight excluding hydrogens is 695 g/mol. The minimum absolute atomic E-state index is 0.00706. The third-order valence-electron chi connectivity index (χ3n) is 9.12. The Morgan fingerprint density at radius 1 is 0.843 bits per heavy atom. The highest BCUT2D eigenvalue weighted by molar-refractivity contribution is 5.67. The SMILES string of the molecule is CCOc1cnc(N(Cc2cc(C(F)(F)F)ccc2N(CC)CC2CCC(CC(=O)O)CC2)[C@@H](C)c2cc(C(F)(F)F)cc(C(F)(F)F)c2)nc1. The van der Waals surface area contributed by atoms with Crippen LogP contribution in [0.15, 0.2) is 48.8 Å². The molecule has 1 heterocycles. The summed E-state index contributed by atoms with van der Waals surface area (Å²) in [6.45, 7) is 5.47. The lowest BCUT2D eigenvalue weighted by atomic mass is 9.80. The fourth-order valence-corrected chi connectivity index (χ4v) is 6.43. The molecule has 0 radical (unpaired) electrons. The zero-order valence-corrected chi connectivity index (χ0v) is 28.2. The van der Waals surface area contributed by atoms with Crippen LogP contribution in [0.3, 0.4) is 0 Å². The number of alkyl halides is 9. The number of carboxylic acid groups (broad SMARTS) is 1. The van der Waals surface area contributed by atoms with Gasteiger partial charge in [0.05, 0.1) is 41.7 Å². The van der Waals surface area contributed by atoms with Crippen molar-refractivity contribution in [3.05, 3.63) is 76.6 Å². The molecule has 1 fully saturated rings. The van der Waals surface area contributed by atoms with Crippen LogP contribution >= 0.6 is 0 Å². The Hall–Kier alpha value is -4.24. The monoisotopic (exact) mass is 734 g/mol. The molecule has 0 aliphatic heterocycles. The lowest BCUT2D eigenvalue weighted by Crippen LogP contribution is -2.34. The fraction of sp³-hybridized carbons (Fsp3) is 0.514. The van der Waals surface area contributed by atoms with Crippen molar-refractivity contribution in [1.82, 2.24) is 9.97 Å². The normalized spacial score (nSPS) is 17.6. The van der Waals surface area contributed by atoms with Crippen molar-refractivity contribution in [3.63, 3.8) is 0 Å². The van der Waals surface area contributed by atoms with Gasteiger partial charge in [0.1, 0.15) is 0 Å². The maximum Gasteiger partial charge on any atom is 0.416 e. The standard InChI is InChI=1S/C35H39F9N4O3/c1-4-47(19-23-8-6-22(7-9-23)12-31(49)50)30-11-10-26(33(36,37)38)15-25(30)20-48(32-45-17-29(18-46-32)51-5-2)21(3)24-13-27(34(39,40)41)16-28(14-24)35(42,43)44/h10-11,13-18,21-23H,4-9,12,19-20H2,1-3H3,(H,49,50)/t21-,22?,23?/m0/s1. The van der Waals surface area contributed by atoms with Crippen LogP contribution in [0.4, 0.5) is 51.1 Å². The van der Waals surface area contributed by atoms with Crippen molar-refractivity contribution in [1.29, 1.82) is 0 Å². The average Bonchev–Trinajstić information content (AvgIpc) is 3.05. The van der Waals surface area contributed by atoms with Crippen LogP contribution in [0.2, 0.25) is 0 Å². The third-order valence-corrected chi connectivity index (χ3v) is 9.12. The molecule has 1 aliphatic carbocycles. The van der Waals surface area contributed by atoms with Gasteiger partial charge in [-0.25, -0.2) is 9.97 Å². The van der Waals surface area contributed by atoms with E-state index >= 15 is 0 Å². The number of carboxylic acids is 1. The van der Waals surface area contributed by atoms with Crippen LogP contribution in [0.1, 0.15) is 86.7 Å². The van der Waals surface area contributed by atoms with E-state index in [-0.39, 0.29) is 48.2 Å². The Morgan fingerprint density at radius 2 is 1.39 bits per heavy atom. The lowest BCUT2D eigenvalue weighted by Gasteiger charge is -2.36. The van der Waals surface area contributed by atoms with Gasteiger partial charge in [-0.2, -0.15) is 39.5 Å². The van der Waals surface area contributed by atoms with Crippen LogP contribution < -0.4 is 14.5 Å². The summed E-state index contributed by atoms with van der Waals surface area (Å²) in [5, 5.41) is 9.17. The largest absolute Gasteiger partial charge is 0.491 e. The molecule has 0 amide bonds. The summed E-state index contributed by atoms with van der Waals surface area (Å²) in [6.07, 6.45) is -9.65. The zero-order valence-electron chi connectivity index (χ0n) is 28.2. The predicted molar refractivity (Wildman–Crippen MR) is 171 cm³/mol. The summed E-state index contributed by atoms with van der Waals surface area (Å²) < 4.78 is 131. The molecular formula is C35H39F9N4O3. The molecule has 2 aromatic carbocycles. The molecule has 1 aliphatic rings. The van der Waals surface area contributed by atoms with Crippen molar-refractivity contribution in [2.75, 3.05) is 29.5 Å². The number of aromatic nitrogens is 2. The van der Waals surface area contributed by atoms with Crippen LogP contribution in [-0.4, -0.2) is 40.7 Å². The van der Waals surface area contributed by atoms with Crippen LogP contribution in [0, 0.1) is 11.8 Å². The van der Waals surface area contributed by atoms with Crippen molar-refractivity contribution >= 4 is 17.6 Å². The number of ether oxygens (including phenoxy) is 1. The molecule has 0 unspecified atom stereocenters. The summed E-state index contributed by atoms with van der Waals surface area (Å²) in [4.78, 5) is 22.8. The zero-order chi connectivity index (χ0) is 37.7. The summed E-state index contributed by atoms with van der Waals surface area (Å²) in [5.41, 5.74) is -4.00. The Kier molecular flexibility index (Phi) is 12.4. The molecule has 280 valence electrons. The van der Waals surface area contributed by atoms with Crippen LogP contribution in [-0.2, 0) is 29.9 Å². The summed E-state index contributed by atoms with van der Waals surface area (Å²) >= 11 is 0. The number of halogens is 9. The van der Waals surface area contributed by atoms with Crippen molar-refractivity contribution in [2.45, 2.75) is 84.0 Å². The first-order valence-corrected chi connectivity index (χ1v) is 16.5. The number of benzene rings is 2. The van der Waals surface area contributed by atoms with Crippen molar-refractivity contribution < 1.29 is 54.2 Å². The fourth-order valence-electron chi connectivity index (χ4n) is 6.43. The van der Waals surface area contributed by atoms with E-state index in [9.17, 15) is 44.3 Å². The van der Waals surface area contributed by atoms with E-state index in [2.05, 4.69) is 9.97 Å². The van der Waals surface area contributed by atoms with Gasteiger partial charge in [0.25, 0.3) is 0 Å². The molecule has 4 rings (SSSR count). The average molecular weight is 735 g/mol. The summed E-state index contributed by atoms with van der Waals surface area (Å²) in [7, 11) is 0. The maximum atomic E-state index is 14.1. The molecule has 51 heavy (non-hydrogen) atoms. The second-order valence-electron chi connectivity index (χ2n) is 12.7. The van der Waals surface area contributed by atoms with Crippen molar-refractivity contribution in [2.24, 2.45) is 11.8 Å². The molecule has 1 N–H and O–H groups in total. The van der Waals surface area contributed by atoms with Gasteiger partial charge in [-0.1, -0.05) is 0 Å². The second kappa shape index (κ2) is 16.0. The lowest BCUT2D eigenvalue weighted by molar-refractivity contribution is -0.143. The molecule has 1 saturated carbocycles. The summed E-state index contributed by atoms with van der Waals surface area (Å²) in [6, 6.07) is 3.02. The second-order valence-corrected chi connectivity index (χ2v) is 12.7. The van der Waals surface area contributed by atoms with Crippen molar-refractivity contribution in [3.8, 4) is 5.75 Å². The van der Waals surface area contributed by atoms with Crippen LogP contribution in [0.25, 0.3) is 0 Å². The molecule has 0 spiro atoms. The molecule has 16 heteroatoms. The number of aliphatic carboxylic acids is 1. The van der Waals surface area contributed by atoms with E-state index in [1.807, 2.05) is 11.8 Å². The number of anilines is 2. The number of nitrogens with zero attached hydrogens (tertiary/aromatic N) is 4. The third kappa shape index (κ3) is 10.4. The number of hydrogen-bond acceptors (Lipinski definition) is 6. The van der Waals surface area contributed by atoms with Gasteiger partial charge in [0, 0.05) is 31.7 Å². The first kappa shape index (κ1) is 39.5. The van der Waals surface area contributed by atoms with E-state index in [1.54, 1.807) is 6.92 Å². The van der Waals surface area contributed by atoms with E-state index in [0.717, 1.165) is 12.1 Å². The smallest absolute Gasteiger partial charge is 0.416 e. The van der Waals surface area contributed by atoms with Crippen LogP contribution in [0.5, 0.6) is 5.75 Å². The molecule has 0 bridgehead atoms. The van der Waals surface area contributed by atoms with E-state index in [1.165, 1.54) is 30.3 Å². The van der Waals surface area contributed by atoms with Gasteiger partial charge in [0.2, 0.25) is 5.95 Å². The highest BCUT2D eigenvalue weighted by Gasteiger charge is 2.38. The quantitative estimate of drug-likeness (QED) is 0.175. The minimum Gasteiger partial charge on any atom is -0.491 e. The van der Waals surface area contributed by atoms with Gasteiger partial charge in [-0.05, 0) is 106 Å². The first-order valence-electron chi connectivity index (χ1n) is 16.5. The Balaban J connectivity index is 1.80. The van der Waals surface area contributed by atoms with E-state index in [4.69, 9.17) is 9.84 Å². The number of rotatable bonds is 13. The number of hydrogen-bond donors (Lipinski definition) is 1. The molecule has 1 atom stereocenters. The van der Waals surface area contributed by atoms with Gasteiger partial charge in [-0.3, -0.25) is 4.79 Å². The molecule has 3 aromatic rings. The highest BCUT2D eigenvalue weighted by Crippen LogP contribution is 2.41. The minimum atomic E-state index is -5.13. The predicted octanol–water partition coefficient (Wildman–Crippen LogP) is 9.81. The Bertz CT molecular complexity index is 1590. The number of carbonyl (C=O) groups is 1. The maximum absolute atomic E-state index is 14.1. The van der Waals surface area contributed by atoms with E-state index < -0.39 is 59.3 Å². The van der Waals surface area contributed by atoms with E-state index in [0.29, 0.717) is 56.6 Å². The topological polar surface area (TPSA) is 78.8 Å². The Morgan fingerprint density at radius 3 is 1.88 bits per heavy atom. The van der Waals surface area contributed by atoms with Gasteiger partial charge < -0.3 is 19.6 Å². The molecule has 1 aromatic heterocycles. The Labute approximate surface area is 289 Å². The van der Waals surface area contributed by atoms with Gasteiger partial charge in [0.15, 0.2) is 5.75 Å². The highest BCUT2D eigenvalue weighted by atomic mass is 19.4. The summed E-state index contributed by atoms with van der Waals surface area (Å²) in [5.74, 6) is -0.672. The molecule has 7 nitrogen and oxygen atoms in total. The van der Waals surface area contributed by atoms with Gasteiger partial charge >= 0.3 is 24.5 Å². The molecule has 0 saturated heterocycles.